The first-order chi connectivity index (χ1) is 18.8. The van der Waals surface area contributed by atoms with E-state index in [1.807, 2.05) is 79.0 Å². The highest BCUT2D eigenvalue weighted by Crippen LogP contribution is 2.29. The average molecular weight is 523 g/mol. The molecule has 5 rings (SSSR count). The first kappa shape index (κ1) is 25.8. The number of fused-ring (bicyclic) bond motifs is 1. The molecule has 2 heterocycles. The van der Waals surface area contributed by atoms with E-state index in [1.54, 1.807) is 13.8 Å². The van der Waals surface area contributed by atoms with Crippen LogP contribution in [-0.2, 0) is 22.6 Å². The van der Waals surface area contributed by atoms with E-state index in [0.717, 1.165) is 38.7 Å². The first-order valence-corrected chi connectivity index (χ1v) is 12.6. The van der Waals surface area contributed by atoms with E-state index in [1.165, 1.54) is 0 Å². The number of nitrogens with two attached hydrogens (primary N) is 1. The second-order valence-electron chi connectivity index (χ2n) is 10.0. The lowest BCUT2D eigenvalue weighted by Gasteiger charge is -2.24. The Hall–Kier alpha value is -4.83. The summed E-state index contributed by atoms with van der Waals surface area (Å²) in [4.78, 5) is 29.2. The number of carbonyl (C=O) groups is 2. The van der Waals surface area contributed by atoms with Gasteiger partial charge in [-0.05, 0) is 52.6 Å². The van der Waals surface area contributed by atoms with Gasteiger partial charge in [-0.25, -0.2) is 5.10 Å². The second-order valence-corrected chi connectivity index (χ2v) is 10.0. The van der Waals surface area contributed by atoms with Crippen molar-refractivity contribution in [2.24, 2.45) is 5.73 Å². The highest BCUT2D eigenvalue weighted by Gasteiger charge is 2.28. The fourth-order valence-corrected chi connectivity index (χ4v) is 4.40. The van der Waals surface area contributed by atoms with Crippen molar-refractivity contribution in [2.45, 2.75) is 38.4 Å². The van der Waals surface area contributed by atoms with Crippen molar-refractivity contribution >= 4 is 22.7 Å². The molecule has 3 aromatic carbocycles. The molecule has 0 radical (unpaired) electrons. The highest BCUT2D eigenvalue weighted by atomic mass is 16.2. The zero-order valence-electron chi connectivity index (χ0n) is 21.7. The molecule has 10 heteroatoms. The quantitative estimate of drug-likeness (QED) is 0.200. The van der Waals surface area contributed by atoms with Crippen LogP contribution in [0.15, 0.2) is 79.0 Å². The Morgan fingerprint density at radius 1 is 0.974 bits per heavy atom. The third kappa shape index (κ3) is 5.86. The van der Waals surface area contributed by atoms with Crippen LogP contribution < -0.4 is 16.4 Å². The van der Waals surface area contributed by atoms with Gasteiger partial charge in [-0.1, -0.05) is 66.7 Å². The molecular weight excluding hydrogens is 492 g/mol. The molecule has 6 N–H and O–H groups in total. The van der Waals surface area contributed by atoms with Crippen LogP contribution in [0.4, 0.5) is 0 Å². The van der Waals surface area contributed by atoms with Crippen molar-refractivity contribution in [2.75, 3.05) is 0 Å². The number of nitrogens with one attached hydrogen (secondary N) is 4. The van der Waals surface area contributed by atoms with Gasteiger partial charge in [0.05, 0.1) is 5.54 Å². The van der Waals surface area contributed by atoms with Gasteiger partial charge in [0.25, 0.3) is 0 Å². The number of benzene rings is 3. The summed E-state index contributed by atoms with van der Waals surface area (Å²) < 4.78 is 0. The molecular formula is C29H30N8O2. The van der Waals surface area contributed by atoms with E-state index in [4.69, 9.17) is 5.73 Å². The molecule has 5 aromatic rings. The lowest BCUT2D eigenvalue weighted by molar-refractivity contribution is -0.131. The van der Waals surface area contributed by atoms with Crippen molar-refractivity contribution < 1.29 is 9.59 Å². The molecule has 198 valence electrons. The molecule has 1 unspecified atom stereocenters. The molecule has 2 aromatic heterocycles. The lowest BCUT2D eigenvalue weighted by Crippen LogP contribution is -2.56. The number of amides is 2. The number of carbonyl (C=O) groups excluding carboxylic acids is 2. The summed E-state index contributed by atoms with van der Waals surface area (Å²) in [7, 11) is 0. The predicted molar refractivity (Wildman–Crippen MR) is 149 cm³/mol. The summed E-state index contributed by atoms with van der Waals surface area (Å²) in [5, 5.41) is 21.0. The number of aromatic nitrogens is 5. The molecule has 2 amide bonds. The van der Waals surface area contributed by atoms with Gasteiger partial charge in [-0.15, -0.1) is 5.10 Å². The van der Waals surface area contributed by atoms with Crippen LogP contribution in [0.2, 0.25) is 0 Å². The predicted octanol–water partition coefficient (Wildman–Crippen LogP) is 3.10. The summed E-state index contributed by atoms with van der Waals surface area (Å²) in [5.74, 6) is -0.0940. The summed E-state index contributed by atoms with van der Waals surface area (Å²) in [6.07, 6.45) is 2.19. The van der Waals surface area contributed by atoms with Gasteiger partial charge in [0.1, 0.15) is 6.04 Å². The third-order valence-corrected chi connectivity index (χ3v) is 6.57. The highest BCUT2D eigenvalue weighted by molar-refractivity contribution is 5.92. The lowest BCUT2D eigenvalue weighted by atomic mass is 9.98. The number of hydrogen-bond acceptors (Lipinski definition) is 6. The maximum Gasteiger partial charge on any atom is 0.243 e. The van der Waals surface area contributed by atoms with Crippen molar-refractivity contribution in [3.05, 3.63) is 90.1 Å². The van der Waals surface area contributed by atoms with E-state index >= 15 is 0 Å². The second kappa shape index (κ2) is 10.9. The van der Waals surface area contributed by atoms with Crippen molar-refractivity contribution in [3.8, 4) is 22.5 Å². The molecule has 0 aliphatic heterocycles. The maximum atomic E-state index is 13.3. The molecule has 0 saturated carbocycles. The van der Waals surface area contributed by atoms with E-state index < -0.39 is 17.5 Å². The average Bonchev–Trinajstić information content (AvgIpc) is 3.62. The minimum atomic E-state index is -1.12. The van der Waals surface area contributed by atoms with Gasteiger partial charge in [-0.3, -0.25) is 9.59 Å². The normalized spacial score (nSPS) is 12.3. The van der Waals surface area contributed by atoms with Crippen molar-refractivity contribution in [1.29, 1.82) is 0 Å². The smallest absolute Gasteiger partial charge is 0.243 e. The minimum Gasteiger partial charge on any atom is -0.361 e. The Morgan fingerprint density at radius 2 is 1.69 bits per heavy atom. The Labute approximate surface area is 225 Å². The van der Waals surface area contributed by atoms with E-state index in [2.05, 4.69) is 36.2 Å². The zero-order chi connectivity index (χ0) is 27.4. The fourth-order valence-electron chi connectivity index (χ4n) is 4.40. The number of nitrogens with zero attached hydrogens (tertiary/aromatic N) is 3. The van der Waals surface area contributed by atoms with E-state index in [0.29, 0.717) is 18.8 Å². The van der Waals surface area contributed by atoms with Crippen LogP contribution in [0, 0.1) is 0 Å². The molecule has 0 aliphatic carbocycles. The molecule has 10 nitrogen and oxygen atoms in total. The van der Waals surface area contributed by atoms with Crippen LogP contribution in [0.3, 0.4) is 0 Å². The Morgan fingerprint density at radius 3 is 2.41 bits per heavy atom. The molecule has 0 spiro atoms. The first-order valence-electron chi connectivity index (χ1n) is 12.6. The molecule has 0 fully saturated rings. The number of aromatic amines is 2. The Bertz CT molecular complexity index is 1580. The molecule has 39 heavy (non-hydrogen) atoms. The largest absolute Gasteiger partial charge is 0.361 e. The van der Waals surface area contributed by atoms with Gasteiger partial charge in [0.2, 0.25) is 11.8 Å². The third-order valence-electron chi connectivity index (χ3n) is 6.57. The number of H-pyrrole nitrogens is 2. The van der Waals surface area contributed by atoms with Crippen LogP contribution in [-0.4, -0.2) is 49.0 Å². The van der Waals surface area contributed by atoms with Gasteiger partial charge in [0, 0.05) is 35.6 Å². The zero-order valence-corrected chi connectivity index (χ0v) is 21.7. The summed E-state index contributed by atoms with van der Waals surface area (Å²) in [5.41, 5.74) is 10.6. The Kier molecular flexibility index (Phi) is 7.20. The van der Waals surface area contributed by atoms with E-state index in [9.17, 15) is 9.59 Å². The number of tetrazole rings is 1. The van der Waals surface area contributed by atoms with Crippen LogP contribution in [0.25, 0.3) is 33.4 Å². The van der Waals surface area contributed by atoms with Gasteiger partial charge < -0.3 is 21.4 Å². The monoisotopic (exact) mass is 522 g/mol. The minimum absolute atomic E-state index is 0.287. The summed E-state index contributed by atoms with van der Waals surface area (Å²) in [6, 6.07) is 22.8. The molecule has 0 bridgehead atoms. The molecule has 0 saturated heterocycles. The van der Waals surface area contributed by atoms with Gasteiger partial charge in [0.15, 0.2) is 5.82 Å². The molecule has 1 atom stereocenters. The van der Waals surface area contributed by atoms with Crippen LogP contribution >= 0.6 is 0 Å². The number of rotatable bonds is 9. The fraction of sp³-hybridized carbons (Fsp3) is 0.207. The van der Waals surface area contributed by atoms with Crippen molar-refractivity contribution in [3.63, 3.8) is 0 Å². The molecule has 0 aliphatic rings. The van der Waals surface area contributed by atoms with Gasteiger partial charge >= 0.3 is 0 Å². The number of hydrogen-bond donors (Lipinski definition) is 5. The summed E-state index contributed by atoms with van der Waals surface area (Å²) >= 11 is 0. The Balaban J connectivity index is 1.30. The van der Waals surface area contributed by atoms with Crippen molar-refractivity contribution in [1.82, 2.24) is 36.2 Å². The SMILES string of the molecule is CC(C)(N)C(=O)NC(Cc1c[nH]c2ccccc12)C(=O)NCc1ccc(-c2ccccc2-c2nnn[nH]2)cc1. The number of para-hydroxylation sites is 1. The summed E-state index contributed by atoms with van der Waals surface area (Å²) in [6.45, 7) is 3.53. The maximum absolute atomic E-state index is 13.3. The van der Waals surface area contributed by atoms with E-state index in [-0.39, 0.29) is 5.91 Å². The van der Waals surface area contributed by atoms with Crippen LogP contribution in [0.1, 0.15) is 25.0 Å². The van der Waals surface area contributed by atoms with Gasteiger partial charge in [-0.2, -0.15) is 0 Å². The van der Waals surface area contributed by atoms with Crippen LogP contribution in [0.5, 0.6) is 0 Å². The topological polar surface area (TPSA) is 154 Å². The standard InChI is InChI=1S/C29H30N8O2/c1-29(2,30)28(39)33-25(15-20-17-31-24-10-6-5-8-22(20)24)27(38)32-16-18-11-13-19(14-12-18)21-7-3-4-9-23(21)26-34-36-37-35-26/h3-14,17,25,31H,15-16,30H2,1-2H3,(H,32,38)(H,33,39)(H,34,35,36,37).